The number of allylic oxidation sites excluding steroid dienone is 4. The van der Waals surface area contributed by atoms with Crippen molar-refractivity contribution in [3.63, 3.8) is 0 Å². The van der Waals surface area contributed by atoms with Crippen LogP contribution in [0, 0.1) is 0 Å². The zero-order valence-corrected chi connectivity index (χ0v) is 14.8. The first kappa shape index (κ1) is 20.9. The molecule has 0 aliphatic rings. The molecule has 0 saturated carbocycles. The number of hydrogen-bond donors (Lipinski definition) is 0. The molecule has 0 bridgehead atoms. The van der Waals surface area contributed by atoms with Gasteiger partial charge in [-0.2, -0.15) is 0 Å². The molecule has 22 heavy (non-hydrogen) atoms. The standard InChI is InChI=1S/C20H36O2/c1-3-4-5-6-7-8-9-10-11-12-13-14-15-16-17-18-19-22-20(2)21/h10-11,14-15H,3-9,12-13,16-19H2,1-2H3/b11-10+,15-14+. The van der Waals surface area contributed by atoms with Crippen LogP contribution in [0.4, 0.5) is 0 Å². The third-order valence-electron chi connectivity index (χ3n) is 3.63. The van der Waals surface area contributed by atoms with Gasteiger partial charge in [0.05, 0.1) is 6.61 Å². The van der Waals surface area contributed by atoms with Crippen LogP contribution >= 0.6 is 0 Å². The van der Waals surface area contributed by atoms with E-state index in [9.17, 15) is 4.79 Å². The molecule has 0 rings (SSSR count). The van der Waals surface area contributed by atoms with E-state index in [1.165, 1.54) is 51.9 Å². The summed E-state index contributed by atoms with van der Waals surface area (Å²) >= 11 is 0. The van der Waals surface area contributed by atoms with Crippen molar-refractivity contribution in [3.8, 4) is 0 Å². The number of hydrogen-bond acceptors (Lipinski definition) is 2. The largest absolute Gasteiger partial charge is 0.466 e. The van der Waals surface area contributed by atoms with E-state index in [0.717, 1.165) is 32.1 Å². The molecule has 0 radical (unpaired) electrons. The number of carbonyl (C=O) groups is 1. The van der Waals surface area contributed by atoms with Gasteiger partial charge in [-0.05, 0) is 44.9 Å². The van der Waals surface area contributed by atoms with Crippen LogP contribution in [0.3, 0.4) is 0 Å². The van der Waals surface area contributed by atoms with Crippen molar-refractivity contribution in [1.29, 1.82) is 0 Å². The number of rotatable bonds is 15. The van der Waals surface area contributed by atoms with Gasteiger partial charge in [-0.15, -0.1) is 0 Å². The van der Waals surface area contributed by atoms with Crippen LogP contribution < -0.4 is 0 Å². The summed E-state index contributed by atoms with van der Waals surface area (Å²) in [6.45, 7) is 4.28. The first-order valence-corrected chi connectivity index (χ1v) is 9.20. The van der Waals surface area contributed by atoms with Crippen molar-refractivity contribution < 1.29 is 9.53 Å². The smallest absolute Gasteiger partial charge is 0.302 e. The number of carbonyl (C=O) groups excluding carboxylic acids is 1. The highest BCUT2D eigenvalue weighted by Crippen LogP contribution is 2.07. The Morgan fingerprint density at radius 2 is 1.23 bits per heavy atom. The van der Waals surface area contributed by atoms with Gasteiger partial charge in [0.25, 0.3) is 0 Å². The Bertz CT molecular complexity index is 292. The molecule has 0 N–H and O–H groups in total. The highest BCUT2D eigenvalue weighted by molar-refractivity contribution is 5.65. The van der Waals surface area contributed by atoms with E-state index in [1.54, 1.807) is 0 Å². The van der Waals surface area contributed by atoms with E-state index in [4.69, 9.17) is 4.74 Å². The lowest BCUT2D eigenvalue weighted by atomic mass is 10.1. The van der Waals surface area contributed by atoms with Crippen molar-refractivity contribution >= 4 is 5.97 Å². The van der Waals surface area contributed by atoms with Crippen LogP contribution in [0.2, 0.25) is 0 Å². The normalized spacial score (nSPS) is 11.5. The number of unbranched alkanes of at least 4 members (excludes halogenated alkanes) is 9. The molecule has 0 heterocycles. The summed E-state index contributed by atoms with van der Waals surface area (Å²) in [6, 6.07) is 0. The predicted molar refractivity (Wildman–Crippen MR) is 96.0 cm³/mol. The fourth-order valence-electron chi connectivity index (χ4n) is 2.29. The summed E-state index contributed by atoms with van der Waals surface area (Å²) in [5.41, 5.74) is 0. The van der Waals surface area contributed by atoms with Gasteiger partial charge < -0.3 is 4.74 Å². The van der Waals surface area contributed by atoms with Crippen LogP contribution in [0.25, 0.3) is 0 Å². The second-order valence-corrected chi connectivity index (χ2v) is 5.91. The van der Waals surface area contributed by atoms with Gasteiger partial charge in [-0.1, -0.05) is 63.3 Å². The Labute approximate surface area is 138 Å². The number of ether oxygens (including phenoxy) is 1. The summed E-state index contributed by atoms with van der Waals surface area (Å²) in [5.74, 6) is -0.178. The van der Waals surface area contributed by atoms with Crippen LogP contribution in [0.5, 0.6) is 0 Å². The summed E-state index contributed by atoms with van der Waals surface area (Å²) in [4.78, 5) is 10.6. The molecule has 0 unspecified atom stereocenters. The average molecular weight is 309 g/mol. The number of esters is 1. The first-order chi connectivity index (χ1) is 10.8. The predicted octanol–water partition coefficient (Wildman–Crippen LogP) is 6.36. The summed E-state index contributed by atoms with van der Waals surface area (Å²) < 4.78 is 4.89. The lowest BCUT2D eigenvalue weighted by Gasteiger charge is -1.99. The van der Waals surface area contributed by atoms with Gasteiger partial charge in [0, 0.05) is 6.92 Å². The molecule has 0 atom stereocenters. The van der Waals surface area contributed by atoms with Crippen molar-refractivity contribution in [2.45, 2.75) is 90.9 Å². The minimum Gasteiger partial charge on any atom is -0.466 e. The quantitative estimate of drug-likeness (QED) is 0.200. The molecule has 0 aliphatic carbocycles. The van der Waals surface area contributed by atoms with E-state index in [0.29, 0.717) is 6.61 Å². The van der Waals surface area contributed by atoms with Gasteiger partial charge in [0.15, 0.2) is 0 Å². The maximum absolute atomic E-state index is 10.6. The Morgan fingerprint density at radius 3 is 1.82 bits per heavy atom. The zero-order valence-electron chi connectivity index (χ0n) is 14.8. The molecule has 0 spiro atoms. The van der Waals surface area contributed by atoms with E-state index in [-0.39, 0.29) is 5.97 Å². The molecular formula is C20H36O2. The molecular weight excluding hydrogens is 272 g/mol. The summed E-state index contributed by atoms with van der Waals surface area (Å²) in [6.07, 6.45) is 24.1. The van der Waals surface area contributed by atoms with Gasteiger partial charge >= 0.3 is 5.97 Å². The second kappa shape index (κ2) is 18.0. The Balaban J connectivity index is 3.18. The third kappa shape index (κ3) is 18.9. The minimum atomic E-state index is -0.178. The maximum Gasteiger partial charge on any atom is 0.302 e. The summed E-state index contributed by atoms with van der Waals surface area (Å²) in [7, 11) is 0. The molecule has 0 aromatic carbocycles. The Kier molecular flexibility index (Phi) is 17.1. The van der Waals surface area contributed by atoms with Crippen molar-refractivity contribution in [1.82, 2.24) is 0 Å². The molecule has 0 fully saturated rings. The van der Waals surface area contributed by atoms with Crippen LogP contribution in [-0.2, 0) is 9.53 Å². The van der Waals surface area contributed by atoms with E-state index in [1.807, 2.05) is 0 Å². The minimum absolute atomic E-state index is 0.178. The fraction of sp³-hybridized carbons (Fsp3) is 0.750. The molecule has 0 saturated heterocycles. The molecule has 2 nitrogen and oxygen atoms in total. The van der Waals surface area contributed by atoms with Gasteiger partial charge in [0.1, 0.15) is 0 Å². The van der Waals surface area contributed by atoms with Crippen molar-refractivity contribution in [2.75, 3.05) is 6.61 Å². The van der Waals surface area contributed by atoms with E-state index in [2.05, 4.69) is 31.2 Å². The average Bonchev–Trinajstić information content (AvgIpc) is 2.50. The molecule has 0 aromatic heterocycles. The van der Waals surface area contributed by atoms with E-state index < -0.39 is 0 Å². The molecule has 0 aromatic rings. The topological polar surface area (TPSA) is 26.3 Å². The highest BCUT2D eigenvalue weighted by Gasteiger charge is 1.91. The third-order valence-corrected chi connectivity index (χ3v) is 3.63. The Hall–Kier alpha value is -1.05. The molecule has 2 heteroatoms. The van der Waals surface area contributed by atoms with Crippen LogP contribution in [-0.4, -0.2) is 12.6 Å². The molecule has 0 amide bonds. The van der Waals surface area contributed by atoms with Crippen molar-refractivity contribution in [3.05, 3.63) is 24.3 Å². The maximum atomic E-state index is 10.6. The SMILES string of the molecule is CCCCCCCC/C=C/CC/C=C/CCCCOC(C)=O. The second-order valence-electron chi connectivity index (χ2n) is 5.91. The Morgan fingerprint density at radius 1 is 0.727 bits per heavy atom. The zero-order chi connectivity index (χ0) is 16.3. The molecule has 0 aliphatic heterocycles. The highest BCUT2D eigenvalue weighted by atomic mass is 16.5. The lowest BCUT2D eigenvalue weighted by Crippen LogP contribution is -1.99. The summed E-state index contributed by atoms with van der Waals surface area (Å²) in [5, 5.41) is 0. The fourth-order valence-corrected chi connectivity index (χ4v) is 2.29. The lowest BCUT2D eigenvalue weighted by molar-refractivity contribution is -0.141. The molecule has 128 valence electrons. The first-order valence-electron chi connectivity index (χ1n) is 9.20. The van der Waals surface area contributed by atoms with Gasteiger partial charge in [-0.25, -0.2) is 0 Å². The van der Waals surface area contributed by atoms with Gasteiger partial charge in [0.2, 0.25) is 0 Å². The van der Waals surface area contributed by atoms with E-state index >= 15 is 0 Å². The van der Waals surface area contributed by atoms with Gasteiger partial charge in [-0.3, -0.25) is 4.79 Å². The monoisotopic (exact) mass is 308 g/mol. The van der Waals surface area contributed by atoms with Crippen LogP contribution in [0.1, 0.15) is 90.9 Å². The van der Waals surface area contributed by atoms with Crippen LogP contribution in [0.15, 0.2) is 24.3 Å². The van der Waals surface area contributed by atoms with Crippen molar-refractivity contribution in [2.24, 2.45) is 0 Å².